The van der Waals surface area contributed by atoms with E-state index in [1.54, 1.807) is 35.2 Å². The molecule has 180 valence electrons. The summed E-state index contributed by atoms with van der Waals surface area (Å²) >= 11 is 6.11. The molecular weight excluding hydrogens is 470 g/mol. The minimum atomic E-state index is -0.204. The lowest BCUT2D eigenvalue weighted by Gasteiger charge is -2.30. The first kappa shape index (κ1) is 23.0. The fourth-order valence-corrected chi connectivity index (χ4v) is 4.46. The summed E-state index contributed by atoms with van der Waals surface area (Å²) in [5.41, 5.74) is 4.44. The summed E-state index contributed by atoms with van der Waals surface area (Å²) in [5.74, 6) is 1.36. The van der Waals surface area contributed by atoms with Gasteiger partial charge >= 0.3 is 0 Å². The number of halogens is 1. The Morgan fingerprint density at radius 3 is 2.86 bits per heavy atom. The molecule has 9 heteroatoms. The van der Waals surface area contributed by atoms with Crippen molar-refractivity contribution in [2.24, 2.45) is 0 Å². The van der Waals surface area contributed by atoms with Gasteiger partial charge in [0.1, 0.15) is 5.75 Å². The molecule has 5 rings (SSSR count). The molecule has 8 nitrogen and oxygen atoms in total. The number of aromatic nitrogens is 1. The van der Waals surface area contributed by atoms with E-state index in [1.165, 1.54) is 0 Å². The van der Waals surface area contributed by atoms with Gasteiger partial charge in [0.05, 0.1) is 5.02 Å². The smallest absolute Gasteiger partial charge is 0.260 e. The highest BCUT2D eigenvalue weighted by molar-refractivity contribution is 6.32. The number of nitrogens with one attached hydrogen (secondary N) is 1. The van der Waals surface area contributed by atoms with Crippen LogP contribution in [-0.4, -0.2) is 41.6 Å². The highest BCUT2D eigenvalue weighted by atomic mass is 35.5. The predicted octanol–water partition coefficient (Wildman–Crippen LogP) is 3.67. The fourth-order valence-electron chi connectivity index (χ4n) is 4.27. The van der Waals surface area contributed by atoms with Crippen LogP contribution < -0.4 is 19.5 Å². The van der Waals surface area contributed by atoms with Crippen molar-refractivity contribution in [1.29, 1.82) is 0 Å². The molecule has 0 bridgehead atoms. The normalized spacial score (nSPS) is 13.8. The maximum absolute atomic E-state index is 12.8. The number of carbonyl (C=O) groups is 2. The van der Waals surface area contributed by atoms with Crippen molar-refractivity contribution in [3.05, 3.63) is 81.6 Å². The molecule has 2 aromatic carbocycles. The second-order valence-corrected chi connectivity index (χ2v) is 8.77. The molecule has 2 aliphatic rings. The van der Waals surface area contributed by atoms with E-state index < -0.39 is 0 Å². The van der Waals surface area contributed by atoms with Gasteiger partial charge in [0.25, 0.3) is 11.8 Å². The minimum Gasteiger partial charge on any atom is -0.482 e. The topological polar surface area (TPSA) is 90.0 Å². The average molecular weight is 494 g/mol. The first-order chi connectivity index (χ1) is 17.0. The van der Waals surface area contributed by atoms with Gasteiger partial charge in [-0.3, -0.25) is 14.6 Å². The second kappa shape index (κ2) is 9.84. The van der Waals surface area contributed by atoms with Crippen LogP contribution in [0.4, 0.5) is 0 Å². The lowest BCUT2D eigenvalue weighted by Crippen LogP contribution is -2.39. The molecular formula is C26H24ClN3O5. The van der Waals surface area contributed by atoms with Crippen LogP contribution in [0.5, 0.6) is 17.2 Å². The van der Waals surface area contributed by atoms with Gasteiger partial charge in [0, 0.05) is 37.1 Å². The number of ether oxygens (including phenoxy) is 3. The predicted molar refractivity (Wildman–Crippen MR) is 129 cm³/mol. The summed E-state index contributed by atoms with van der Waals surface area (Å²) in [7, 11) is 0. The van der Waals surface area contributed by atoms with Crippen LogP contribution in [0.15, 0.2) is 48.7 Å². The summed E-state index contributed by atoms with van der Waals surface area (Å²) in [5, 5.41) is 3.46. The highest BCUT2D eigenvalue weighted by Gasteiger charge is 2.25. The Bertz CT molecular complexity index is 1300. The Hall–Kier alpha value is -3.78. The summed E-state index contributed by atoms with van der Waals surface area (Å²) < 4.78 is 16.3. The van der Waals surface area contributed by atoms with Crippen molar-refractivity contribution >= 4 is 23.4 Å². The van der Waals surface area contributed by atoms with E-state index in [1.807, 2.05) is 25.3 Å². The summed E-state index contributed by atoms with van der Waals surface area (Å²) in [4.78, 5) is 31.8. The van der Waals surface area contributed by atoms with Crippen LogP contribution in [0.2, 0.25) is 5.02 Å². The zero-order valence-corrected chi connectivity index (χ0v) is 19.9. The van der Waals surface area contributed by atoms with Crippen molar-refractivity contribution in [2.75, 3.05) is 19.9 Å². The van der Waals surface area contributed by atoms with Crippen LogP contribution in [0.3, 0.4) is 0 Å². The molecule has 0 aliphatic carbocycles. The summed E-state index contributed by atoms with van der Waals surface area (Å²) in [6.45, 7) is 3.35. The van der Waals surface area contributed by atoms with Gasteiger partial charge in [-0.05, 0) is 60.4 Å². The first-order valence-electron chi connectivity index (χ1n) is 11.3. The summed E-state index contributed by atoms with van der Waals surface area (Å²) in [6, 6.07) is 12.2. The number of hydrogen-bond donors (Lipinski definition) is 1. The molecule has 3 aromatic rings. The Morgan fingerprint density at radius 2 is 2.00 bits per heavy atom. The molecule has 2 amide bonds. The van der Waals surface area contributed by atoms with Crippen molar-refractivity contribution in [3.63, 3.8) is 0 Å². The zero-order valence-electron chi connectivity index (χ0n) is 19.2. The zero-order chi connectivity index (χ0) is 24.4. The number of para-hydroxylation sites is 1. The third-order valence-electron chi connectivity index (χ3n) is 6.20. The molecule has 1 N–H and O–H groups in total. The molecule has 0 spiro atoms. The van der Waals surface area contributed by atoms with E-state index in [2.05, 4.69) is 10.3 Å². The Kier molecular flexibility index (Phi) is 6.46. The minimum absolute atomic E-state index is 0.0865. The maximum Gasteiger partial charge on any atom is 0.260 e. The standard InChI is InChI=1S/C26H24ClN3O5/c1-16-20(12-29-26(32)17-6-7-23-24(10-17)35-15-34-23)19-8-9-30(13-18(19)11-28-16)25(31)14-33-22-5-3-2-4-21(22)27/h2-7,10-11H,8-9,12-15H2,1H3,(H,29,32). The van der Waals surface area contributed by atoms with E-state index in [4.69, 9.17) is 25.8 Å². The third-order valence-corrected chi connectivity index (χ3v) is 6.51. The van der Waals surface area contributed by atoms with Gasteiger partial charge in [0.2, 0.25) is 6.79 Å². The van der Waals surface area contributed by atoms with Crippen LogP contribution in [-0.2, 0) is 24.3 Å². The van der Waals surface area contributed by atoms with E-state index in [0.29, 0.717) is 53.9 Å². The molecule has 0 radical (unpaired) electrons. The van der Waals surface area contributed by atoms with Crippen LogP contribution in [0.25, 0.3) is 0 Å². The van der Waals surface area contributed by atoms with Crippen molar-refractivity contribution in [3.8, 4) is 17.2 Å². The molecule has 2 aliphatic heterocycles. The Labute approximate surface area is 207 Å². The molecule has 0 unspecified atom stereocenters. The molecule has 35 heavy (non-hydrogen) atoms. The van der Waals surface area contributed by atoms with Crippen molar-refractivity contribution in [2.45, 2.75) is 26.4 Å². The van der Waals surface area contributed by atoms with Gasteiger partial charge in [-0.15, -0.1) is 0 Å². The number of fused-ring (bicyclic) bond motifs is 2. The molecule has 0 saturated carbocycles. The number of amides is 2. The van der Waals surface area contributed by atoms with Crippen molar-refractivity contribution in [1.82, 2.24) is 15.2 Å². The Morgan fingerprint density at radius 1 is 1.17 bits per heavy atom. The van der Waals surface area contributed by atoms with Crippen LogP contribution in [0, 0.1) is 6.92 Å². The SMILES string of the molecule is Cc1ncc2c(c1CNC(=O)c1ccc3c(c1)OCO3)CCN(C(=O)COc1ccccc1Cl)C2. The molecule has 0 saturated heterocycles. The van der Waals surface area contributed by atoms with Gasteiger partial charge in [-0.25, -0.2) is 0 Å². The number of aryl methyl sites for hydroxylation is 1. The van der Waals surface area contributed by atoms with Gasteiger partial charge in [-0.1, -0.05) is 23.7 Å². The second-order valence-electron chi connectivity index (χ2n) is 8.36. The molecule has 3 heterocycles. The van der Waals surface area contributed by atoms with E-state index in [9.17, 15) is 9.59 Å². The lowest BCUT2D eigenvalue weighted by atomic mass is 9.94. The highest BCUT2D eigenvalue weighted by Crippen LogP contribution is 2.32. The van der Waals surface area contributed by atoms with Gasteiger partial charge < -0.3 is 24.4 Å². The van der Waals surface area contributed by atoms with E-state index >= 15 is 0 Å². The largest absolute Gasteiger partial charge is 0.482 e. The Balaban J connectivity index is 1.23. The number of rotatable bonds is 6. The maximum atomic E-state index is 12.8. The third kappa shape index (κ3) is 4.88. The number of pyridine rings is 1. The lowest BCUT2D eigenvalue weighted by molar-refractivity contribution is -0.134. The molecule has 0 fully saturated rings. The number of nitrogens with zero attached hydrogens (tertiary/aromatic N) is 2. The monoisotopic (exact) mass is 493 g/mol. The van der Waals surface area contributed by atoms with Gasteiger partial charge in [-0.2, -0.15) is 0 Å². The van der Waals surface area contributed by atoms with Crippen molar-refractivity contribution < 1.29 is 23.8 Å². The number of carbonyl (C=O) groups excluding carboxylic acids is 2. The molecule has 0 atom stereocenters. The van der Waals surface area contributed by atoms with E-state index in [-0.39, 0.29) is 25.2 Å². The number of hydrogen-bond acceptors (Lipinski definition) is 6. The number of benzene rings is 2. The molecule has 1 aromatic heterocycles. The van der Waals surface area contributed by atoms with Crippen LogP contribution in [0.1, 0.15) is 32.7 Å². The average Bonchev–Trinajstić information content (AvgIpc) is 3.35. The quantitative estimate of drug-likeness (QED) is 0.563. The summed E-state index contributed by atoms with van der Waals surface area (Å²) in [6.07, 6.45) is 2.48. The van der Waals surface area contributed by atoms with E-state index in [0.717, 1.165) is 22.4 Å². The van der Waals surface area contributed by atoms with Gasteiger partial charge in [0.15, 0.2) is 18.1 Å². The van der Waals surface area contributed by atoms with Crippen LogP contribution >= 0.6 is 11.6 Å². The fraction of sp³-hybridized carbons (Fsp3) is 0.269. The first-order valence-corrected chi connectivity index (χ1v) is 11.7.